The number of ketones is 1. The van der Waals surface area contributed by atoms with Gasteiger partial charge in [0.2, 0.25) is 5.91 Å². The molecule has 1 saturated carbocycles. The van der Waals surface area contributed by atoms with Crippen LogP contribution in [0.2, 0.25) is 0 Å². The highest BCUT2D eigenvalue weighted by Gasteiger charge is 2.22. The molecular weight excluding hydrogens is 542 g/mol. The number of carbonyl (C=O) groups excluding carboxylic acids is 2. The molecule has 1 saturated heterocycles. The quantitative estimate of drug-likeness (QED) is 0.387. The van der Waals surface area contributed by atoms with Crippen LogP contribution in [0.1, 0.15) is 45.4 Å². The molecular formula is C30H35N5O5S. The molecule has 2 aromatic carbocycles. The van der Waals surface area contributed by atoms with Crippen molar-refractivity contribution >= 4 is 33.1 Å². The van der Waals surface area contributed by atoms with Crippen LogP contribution in [0.15, 0.2) is 65.8 Å². The van der Waals surface area contributed by atoms with Crippen LogP contribution >= 0.6 is 0 Å². The summed E-state index contributed by atoms with van der Waals surface area (Å²) in [5, 5.41) is 2.96. The van der Waals surface area contributed by atoms with Gasteiger partial charge in [-0.15, -0.1) is 0 Å². The van der Waals surface area contributed by atoms with E-state index >= 15 is 0 Å². The number of anilines is 2. The Balaban J connectivity index is 1.18. The molecule has 5 rings (SSSR count). The molecule has 1 amide bonds. The van der Waals surface area contributed by atoms with Gasteiger partial charge in [0, 0.05) is 55.8 Å². The molecule has 216 valence electrons. The number of amides is 1. The number of nitrogens with zero attached hydrogens (tertiary/aromatic N) is 3. The van der Waals surface area contributed by atoms with Crippen LogP contribution in [0.5, 0.6) is 5.75 Å². The van der Waals surface area contributed by atoms with Crippen molar-refractivity contribution in [1.29, 1.82) is 0 Å². The van der Waals surface area contributed by atoms with Crippen LogP contribution in [-0.2, 0) is 19.6 Å². The van der Waals surface area contributed by atoms with Crippen LogP contribution in [0.3, 0.4) is 0 Å². The standard InChI is InChI=1S/C30H35N5O5S/c1-21(36)33-24-13-15-35(16-14-24)26-7-11-29(12-8-26)41(38,39)34-25-4-2-3-23(17-25)30-31-18-28(19-32-30)40-20-22-5-9-27(37)10-6-22/h2-4,7-8,11-12,17-19,22,24,34H,5-6,9-10,13-16,20H2,1H3,(H,33,36). The second-order valence-corrected chi connectivity index (χ2v) is 12.4. The van der Waals surface area contributed by atoms with E-state index in [0.29, 0.717) is 54.0 Å². The van der Waals surface area contributed by atoms with E-state index in [1.54, 1.807) is 42.7 Å². The van der Waals surface area contributed by atoms with Gasteiger partial charge in [-0.3, -0.25) is 14.3 Å². The molecule has 0 atom stereocenters. The molecule has 0 radical (unpaired) electrons. The minimum atomic E-state index is -3.81. The summed E-state index contributed by atoms with van der Waals surface area (Å²) in [5.74, 6) is 1.68. The van der Waals surface area contributed by atoms with Crippen molar-refractivity contribution in [3.05, 3.63) is 60.9 Å². The monoisotopic (exact) mass is 577 g/mol. The lowest BCUT2D eigenvalue weighted by molar-refractivity contribution is -0.121. The molecule has 11 heteroatoms. The van der Waals surface area contributed by atoms with E-state index in [1.165, 1.54) is 6.92 Å². The van der Waals surface area contributed by atoms with Crippen LogP contribution < -0.4 is 19.7 Å². The van der Waals surface area contributed by atoms with Crippen molar-refractivity contribution in [2.75, 3.05) is 29.3 Å². The van der Waals surface area contributed by atoms with Crippen molar-refractivity contribution in [2.24, 2.45) is 5.92 Å². The average molecular weight is 578 g/mol. The van der Waals surface area contributed by atoms with Crippen molar-refractivity contribution in [3.63, 3.8) is 0 Å². The smallest absolute Gasteiger partial charge is 0.261 e. The van der Waals surface area contributed by atoms with E-state index in [9.17, 15) is 18.0 Å². The summed E-state index contributed by atoms with van der Waals surface area (Å²) < 4.78 is 34.7. The minimum absolute atomic E-state index is 0.0164. The zero-order valence-corrected chi connectivity index (χ0v) is 23.9. The third-order valence-electron chi connectivity index (χ3n) is 7.56. The third kappa shape index (κ3) is 7.60. The number of aromatic nitrogens is 2. The van der Waals surface area contributed by atoms with E-state index in [-0.39, 0.29) is 16.8 Å². The van der Waals surface area contributed by atoms with E-state index in [0.717, 1.165) is 44.5 Å². The van der Waals surface area contributed by atoms with Crippen molar-refractivity contribution < 1.29 is 22.7 Å². The van der Waals surface area contributed by atoms with Gasteiger partial charge in [-0.25, -0.2) is 18.4 Å². The second kappa shape index (κ2) is 12.7. The molecule has 3 aromatic rings. The maximum Gasteiger partial charge on any atom is 0.261 e. The fourth-order valence-electron chi connectivity index (χ4n) is 5.26. The first-order valence-corrected chi connectivity index (χ1v) is 15.5. The largest absolute Gasteiger partial charge is 0.490 e. The van der Waals surface area contributed by atoms with Gasteiger partial charge >= 0.3 is 0 Å². The molecule has 10 nitrogen and oxygen atoms in total. The molecule has 0 bridgehead atoms. The fourth-order valence-corrected chi connectivity index (χ4v) is 6.31. The second-order valence-electron chi connectivity index (χ2n) is 10.7. The van der Waals surface area contributed by atoms with Gasteiger partial charge in [-0.05, 0) is 68.0 Å². The van der Waals surface area contributed by atoms with Gasteiger partial charge in [-0.1, -0.05) is 12.1 Å². The van der Waals surface area contributed by atoms with E-state index in [1.807, 2.05) is 18.2 Å². The van der Waals surface area contributed by atoms with Crippen molar-refractivity contribution in [1.82, 2.24) is 15.3 Å². The normalized spacial score (nSPS) is 16.8. The molecule has 2 heterocycles. The van der Waals surface area contributed by atoms with E-state index in [2.05, 4.69) is 24.9 Å². The number of benzene rings is 2. The minimum Gasteiger partial charge on any atom is -0.490 e. The molecule has 1 aliphatic carbocycles. The maximum atomic E-state index is 13.1. The van der Waals surface area contributed by atoms with Crippen molar-refractivity contribution in [2.45, 2.75) is 56.4 Å². The molecule has 1 aromatic heterocycles. The molecule has 41 heavy (non-hydrogen) atoms. The van der Waals surface area contributed by atoms with Crippen molar-refractivity contribution in [3.8, 4) is 17.1 Å². The van der Waals surface area contributed by atoms with Gasteiger partial charge < -0.3 is 15.0 Å². The van der Waals surface area contributed by atoms with Gasteiger partial charge in [-0.2, -0.15) is 0 Å². The topological polar surface area (TPSA) is 131 Å². The number of hydrogen-bond donors (Lipinski definition) is 2. The summed E-state index contributed by atoms with van der Waals surface area (Å²) in [4.78, 5) is 33.9. The third-order valence-corrected chi connectivity index (χ3v) is 8.96. The number of nitrogens with one attached hydrogen (secondary N) is 2. The van der Waals surface area contributed by atoms with Crippen LogP contribution in [0.25, 0.3) is 11.4 Å². The van der Waals surface area contributed by atoms with Gasteiger partial charge in [0.25, 0.3) is 10.0 Å². The Morgan fingerprint density at radius 3 is 2.34 bits per heavy atom. The molecule has 2 N–H and O–H groups in total. The average Bonchev–Trinajstić information content (AvgIpc) is 2.97. The Labute approximate surface area is 240 Å². The predicted octanol–water partition coefficient (Wildman–Crippen LogP) is 4.19. The lowest BCUT2D eigenvalue weighted by atomic mass is 9.89. The molecule has 0 unspecified atom stereocenters. The zero-order chi connectivity index (χ0) is 28.8. The fraction of sp³-hybridized carbons (Fsp3) is 0.400. The zero-order valence-electron chi connectivity index (χ0n) is 23.1. The highest BCUT2D eigenvalue weighted by Crippen LogP contribution is 2.26. The summed E-state index contributed by atoms with van der Waals surface area (Å²) in [7, 11) is -3.81. The number of hydrogen-bond acceptors (Lipinski definition) is 8. The number of Topliss-reactive ketones (excluding diaryl/α,β-unsaturated/α-hetero) is 1. The maximum absolute atomic E-state index is 13.1. The summed E-state index contributed by atoms with van der Waals surface area (Å²) in [6.45, 7) is 3.65. The summed E-state index contributed by atoms with van der Waals surface area (Å²) in [6.07, 6.45) is 7.86. The lowest BCUT2D eigenvalue weighted by Crippen LogP contribution is -2.44. The van der Waals surface area contributed by atoms with Crippen LogP contribution in [0, 0.1) is 5.92 Å². The Morgan fingerprint density at radius 1 is 1.00 bits per heavy atom. The summed E-state index contributed by atoms with van der Waals surface area (Å²) >= 11 is 0. The Hall–Kier alpha value is -3.99. The molecule has 1 aliphatic heterocycles. The van der Waals surface area contributed by atoms with Crippen LogP contribution in [-0.4, -0.2) is 55.8 Å². The van der Waals surface area contributed by atoms with E-state index in [4.69, 9.17) is 4.74 Å². The molecule has 2 fully saturated rings. The highest BCUT2D eigenvalue weighted by molar-refractivity contribution is 7.92. The van der Waals surface area contributed by atoms with E-state index < -0.39 is 10.0 Å². The number of piperidine rings is 1. The summed E-state index contributed by atoms with van der Waals surface area (Å²) in [6, 6.07) is 14.0. The number of ether oxygens (including phenoxy) is 1. The molecule has 0 spiro atoms. The number of rotatable bonds is 9. The summed E-state index contributed by atoms with van der Waals surface area (Å²) in [5.41, 5.74) is 2.02. The van der Waals surface area contributed by atoms with Gasteiger partial charge in [0.1, 0.15) is 5.78 Å². The Kier molecular flexibility index (Phi) is 8.82. The number of sulfonamides is 1. The first-order valence-electron chi connectivity index (χ1n) is 14.0. The number of carbonyl (C=O) groups is 2. The Bertz CT molecular complexity index is 1460. The molecule has 2 aliphatic rings. The highest BCUT2D eigenvalue weighted by atomic mass is 32.2. The Morgan fingerprint density at radius 2 is 1.68 bits per heavy atom. The first kappa shape index (κ1) is 28.5. The first-order chi connectivity index (χ1) is 19.7. The van der Waals surface area contributed by atoms with Gasteiger partial charge in [0.05, 0.1) is 23.9 Å². The van der Waals surface area contributed by atoms with Crippen LogP contribution in [0.4, 0.5) is 11.4 Å². The lowest BCUT2D eigenvalue weighted by Gasteiger charge is -2.33. The SMILES string of the molecule is CC(=O)NC1CCN(c2ccc(S(=O)(=O)Nc3cccc(-c4ncc(OCC5CCC(=O)CC5)cn4)c3)cc2)CC1. The van der Waals surface area contributed by atoms with Gasteiger partial charge in [0.15, 0.2) is 11.6 Å². The predicted molar refractivity (Wildman–Crippen MR) is 156 cm³/mol.